The quantitative estimate of drug-likeness (QED) is 0.531. The molecular formula is C26H39N7O3. The summed E-state index contributed by atoms with van der Waals surface area (Å²) in [5, 5.41) is 7.72. The number of aryl methyl sites for hydroxylation is 1. The summed E-state index contributed by atoms with van der Waals surface area (Å²) in [6, 6.07) is 5.22. The third-order valence-electron chi connectivity index (χ3n) is 6.33. The monoisotopic (exact) mass is 497 g/mol. The van der Waals surface area contributed by atoms with Gasteiger partial charge in [0.2, 0.25) is 0 Å². The summed E-state index contributed by atoms with van der Waals surface area (Å²) >= 11 is 0. The van der Waals surface area contributed by atoms with Gasteiger partial charge < -0.3 is 24.8 Å². The van der Waals surface area contributed by atoms with Gasteiger partial charge in [0.15, 0.2) is 11.3 Å². The predicted octanol–water partition coefficient (Wildman–Crippen LogP) is 4.11. The maximum atomic E-state index is 13.0. The minimum absolute atomic E-state index is 0.143. The topological polar surface area (TPSA) is 108 Å². The lowest BCUT2D eigenvalue weighted by Crippen LogP contribution is -2.48. The molecule has 1 unspecified atom stereocenters. The van der Waals surface area contributed by atoms with E-state index in [1.54, 1.807) is 27.6 Å². The molecule has 1 atom stereocenters. The van der Waals surface area contributed by atoms with E-state index < -0.39 is 0 Å². The number of H-pyrrole nitrogens is 1. The van der Waals surface area contributed by atoms with Crippen molar-refractivity contribution in [3.8, 4) is 17.1 Å². The van der Waals surface area contributed by atoms with Gasteiger partial charge in [-0.3, -0.25) is 4.79 Å². The Hall–Kier alpha value is -3.40. The summed E-state index contributed by atoms with van der Waals surface area (Å²) in [4.78, 5) is 37.3. The van der Waals surface area contributed by atoms with Crippen LogP contribution in [0.2, 0.25) is 0 Å². The van der Waals surface area contributed by atoms with Crippen molar-refractivity contribution in [1.29, 1.82) is 0 Å². The smallest absolute Gasteiger partial charge is 0.321 e. The molecule has 0 radical (unpaired) electrons. The SMILES string of the molecule is CC.CCOc1ccc(NC(=O)N2CCN(C)CC2)cc1-c1nn2c(C(C)CC)nc(C)c2c(=O)[nH]1. The first-order valence-corrected chi connectivity index (χ1v) is 12.8. The Kier molecular flexibility index (Phi) is 9.08. The van der Waals surface area contributed by atoms with Crippen LogP contribution in [0.25, 0.3) is 16.9 Å². The van der Waals surface area contributed by atoms with Crippen LogP contribution < -0.4 is 15.6 Å². The third-order valence-corrected chi connectivity index (χ3v) is 6.33. The highest BCUT2D eigenvalue weighted by Gasteiger charge is 2.22. The molecule has 36 heavy (non-hydrogen) atoms. The van der Waals surface area contributed by atoms with Crippen LogP contribution in [0, 0.1) is 6.92 Å². The Morgan fingerprint density at radius 3 is 2.53 bits per heavy atom. The molecule has 3 heterocycles. The molecule has 1 aromatic carbocycles. The molecular weight excluding hydrogens is 458 g/mol. The number of hydrogen-bond acceptors (Lipinski definition) is 6. The number of fused-ring (bicyclic) bond motifs is 1. The molecule has 196 valence electrons. The summed E-state index contributed by atoms with van der Waals surface area (Å²) in [5.41, 5.74) is 2.02. The fraction of sp³-hybridized carbons (Fsp3) is 0.538. The number of hydrogen-bond donors (Lipinski definition) is 2. The molecule has 1 saturated heterocycles. The predicted molar refractivity (Wildman–Crippen MR) is 143 cm³/mol. The van der Waals surface area contributed by atoms with Gasteiger partial charge in [-0.05, 0) is 45.5 Å². The van der Waals surface area contributed by atoms with Crippen molar-refractivity contribution in [3.63, 3.8) is 0 Å². The number of nitrogens with one attached hydrogen (secondary N) is 2. The van der Waals surface area contributed by atoms with E-state index in [-0.39, 0.29) is 17.5 Å². The van der Waals surface area contributed by atoms with Crippen molar-refractivity contribution < 1.29 is 9.53 Å². The van der Waals surface area contributed by atoms with Crippen molar-refractivity contribution in [2.24, 2.45) is 0 Å². The van der Waals surface area contributed by atoms with Crippen molar-refractivity contribution >= 4 is 17.2 Å². The molecule has 2 N–H and O–H groups in total. The zero-order valence-corrected chi connectivity index (χ0v) is 22.5. The van der Waals surface area contributed by atoms with Crippen LogP contribution >= 0.6 is 0 Å². The Bertz CT molecular complexity index is 1240. The lowest BCUT2D eigenvalue weighted by atomic mass is 10.1. The standard InChI is InChI=1S/C24H33N7O3.C2H6/c1-6-15(3)22-25-16(4)20-23(32)27-21(28-31(20)22)18-14-17(8-9-19(18)34-7-2)26-24(33)30-12-10-29(5)11-13-30;1-2/h8-9,14-15H,6-7,10-13H2,1-5H3,(H,26,33)(H,27,28,32);1-2H3. The fourth-order valence-electron chi connectivity index (χ4n) is 4.10. The van der Waals surface area contributed by atoms with Gasteiger partial charge in [0.1, 0.15) is 11.6 Å². The average Bonchev–Trinajstić information content (AvgIpc) is 3.22. The number of anilines is 1. The lowest BCUT2D eigenvalue weighted by Gasteiger charge is -2.32. The van der Waals surface area contributed by atoms with Crippen LogP contribution in [0.1, 0.15) is 58.5 Å². The second-order valence-electron chi connectivity index (χ2n) is 8.79. The summed E-state index contributed by atoms with van der Waals surface area (Å²) < 4.78 is 7.46. The molecule has 0 aliphatic carbocycles. The maximum Gasteiger partial charge on any atom is 0.321 e. The number of aromatic nitrogens is 4. The van der Waals surface area contributed by atoms with Crippen molar-refractivity contribution in [1.82, 2.24) is 29.4 Å². The summed E-state index contributed by atoms with van der Waals surface area (Å²) in [5.74, 6) is 1.83. The number of rotatable bonds is 6. The first-order valence-electron chi connectivity index (χ1n) is 12.8. The molecule has 4 rings (SSSR count). The molecule has 3 aromatic rings. The first-order chi connectivity index (χ1) is 17.3. The van der Waals surface area contributed by atoms with Gasteiger partial charge in [-0.15, -0.1) is 5.10 Å². The van der Waals surface area contributed by atoms with E-state index in [1.165, 1.54) is 0 Å². The number of ether oxygens (including phenoxy) is 1. The number of amides is 2. The van der Waals surface area contributed by atoms with Crippen LogP contribution in [-0.2, 0) is 0 Å². The second-order valence-corrected chi connectivity index (χ2v) is 8.79. The van der Waals surface area contributed by atoms with Gasteiger partial charge in [0.25, 0.3) is 5.56 Å². The number of aromatic amines is 1. The molecule has 0 bridgehead atoms. The minimum atomic E-state index is -0.265. The van der Waals surface area contributed by atoms with Crippen molar-refractivity contribution in [2.75, 3.05) is 45.2 Å². The molecule has 2 amide bonds. The van der Waals surface area contributed by atoms with Gasteiger partial charge >= 0.3 is 6.03 Å². The van der Waals surface area contributed by atoms with E-state index in [1.807, 2.05) is 34.7 Å². The average molecular weight is 498 g/mol. The Morgan fingerprint density at radius 2 is 1.89 bits per heavy atom. The van der Waals surface area contributed by atoms with Gasteiger partial charge in [0.05, 0.1) is 17.9 Å². The molecule has 0 saturated carbocycles. The largest absolute Gasteiger partial charge is 0.493 e. The lowest BCUT2D eigenvalue weighted by molar-refractivity contribution is 0.164. The van der Waals surface area contributed by atoms with Gasteiger partial charge in [-0.1, -0.05) is 27.7 Å². The van der Waals surface area contributed by atoms with Crippen molar-refractivity contribution in [2.45, 2.75) is 53.9 Å². The highest BCUT2D eigenvalue weighted by molar-refractivity contribution is 5.90. The molecule has 10 heteroatoms. The van der Waals surface area contributed by atoms with Crippen molar-refractivity contribution in [3.05, 3.63) is 40.1 Å². The van der Waals surface area contributed by atoms with E-state index in [4.69, 9.17) is 9.84 Å². The molecule has 1 aliphatic rings. The number of carbonyl (C=O) groups excluding carboxylic acids is 1. The van der Waals surface area contributed by atoms with Crippen LogP contribution in [0.5, 0.6) is 5.75 Å². The fourth-order valence-corrected chi connectivity index (χ4v) is 4.10. The third kappa shape index (κ3) is 5.70. The Labute approximate surface area is 212 Å². The van der Waals surface area contributed by atoms with Gasteiger partial charge in [0, 0.05) is 37.8 Å². The number of imidazole rings is 1. The van der Waals surface area contributed by atoms with E-state index in [0.29, 0.717) is 53.7 Å². The van der Waals surface area contributed by atoms with Crippen LogP contribution in [0.15, 0.2) is 23.0 Å². The zero-order chi connectivity index (χ0) is 26.4. The molecule has 1 fully saturated rings. The number of benzene rings is 1. The Morgan fingerprint density at radius 1 is 1.19 bits per heavy atom. The number of piperazine rings is 1. The van der Waals surface area contributed by atoms with Crippen LogP contribution in [0.4, 0.5) is 10.5 Å². The van der Waals surface area contributed by atoms with Crippen LogP contribution in [-0.4, -0.2) is 75.2 Å². The maximum absolute atomic E-state index is 13.0. The highest BCUT2D eigenvalue weighted by Crippen LogP contribution is 2.31. The van der Waals surface area contributed by atoms with Gasteiger partial charge in [-0.2, -0.15) is 0 Å². The summed E-state index contributed by atoms with van der Waals surface area (Å²) in [6.07, 6.45) is 0.875. The first kappa shape index (κ1) is 27.2. The number of likely N-dealkylation sites (N-methyl/N-ethyl adjacent to an activating group) is 1. The molecule has 10 nitrogen and oxygen atoms in total. The van der Waals surface area contributed by atoms with E-state index in [9.17, 15) is 9.59 Å². The molecule has 1 aliphatic heterocycles. The Balaban J connectivity index is 0.00000176. The highest BCUT2D eigenvalue weighted by atomic mass is 16.5. The summed E-state index contributed by atoms with van der Waals surface area (Å²) in [6.45, 7) is 15.4. The molecule has 0 spiro atoms. The number of nitrogens with zero attached hydrogens (tertiary/aromatic N) is 5. The minimum Gasteiger partial charge on any atom is -0.493 e. The summed E-state index contributed by atoms with van der Waals surface area (Å²) in [7, 11) is 2.05. The van der Waals surface area contributed by atoms with E-state index in [2.05, 4.69) is 34.0 Å². The van der Waals surface area contributed by atoms with Crippen LogP contribution in [0.3, 0.4) is 0 Å². The van der Waals surface area contributed by atoms with Gasteiger partial charge in [-0.25, -0.2) is 14.3 Å². The van der Waals surface area contributed by atoms with E-state index >= 15 is 0 Å². The van der Waals surface area contributed by atoms with E-state index in [0.717, 1.165) is 25.3 Å². The zero-order valence-electron chi connectivity index (χ0n) is 22.5. The second kappa shape index (κ2) is 12.0. The molecule has 2 aromatic heterocycles. The number of urea groups is 1. The normalized spacial score (nSPS) is 14.8. The number of carbonyl (C=O) groups is 1.